The van der Waals surface area contributed by atoms with Crippen LogP contribution in [0.15, 0.2) is 60.8 Å². The van der Waals surface area contributed by atoms with Crippen LogP contribution in [0.3, 0.4) is 0 Å². The molecule has 0 bridgehead atoms. The molecule has 0 heterocycles. The lowest BCUT2D eigenvalue weighted by Crippen LogP contribution is -2.37. The van der Waals surface area contributed by atoms with E-state index in [1.165, 1.54) is 154 Å². The van der Waals surface area contributed by atoms with E-state index in [4.69, 9.17) is 18.5 Å². The largest absolute Gasteiger partial charge is 0.472 e. The molecule has 0 saturated heterocycles. The number of quaternary nitrogens is 1. The number of carbonyl (C=O) groups is 1. The molecule has 0 radical (unpaired) electrons. The standard InChI is InChI=1S/C59H110NO7P/c1-6-8-10-12-14-16-18-20-22-24-26-28-30-31-32-34-36-38-40-42-44-46-48-50-52-59(61)67-58(57-66-68(62,63)65-55-53-60(3,4)5)56-64-54-51-49-47-45-43-41-39-37-35-33-29-27-25-23-21-19-17-15-13-11-9-7-2/h9,11,15,17,21,23,27,29,35,37,58H,6-8,10,12-14,16,18-20,22,24-26,28,30-34,36,38-57H2,1-5H3/p+1/b11-9-,17-15-,23-21-,29-27-,37-35-. The van der Waals surface area contributed by atoms with Gasteiger partial charge in [0.15, 0.2) is 0 Å². The fraction of sp³-hybridized carbons (Fsp3) is 0.814. The predicted molar refractivity (Wildman–Crippen MR) is 293 cm³/mol. The lowest BCUT2D eigenvalue weighted by atomic mass is 10.0. The maximum absolute atomic E-state index is 12.8. The van der Waals surface area contributed by atoms with Crippen molar-refractivity contribution in [1.29, 1.82) is 0 Å². The van der Waals surface area contributed by atoms with Gasteiger partial charge in [0.25, 0.3) is 0 Å². The van der Waals surface area contributed by atoms with Crippen molar-refractivity contribution in [1.82, 2.24) is 0 Å². The maximum atomic E-state index is 12.8. The summed E-state index contributed by atoms with van der Waals surface area (Å²) in [5.41, 5.74) is 0. The molecule has 0 aromatic rings. The average molecular weight is 978 g/mol. The van der Waals surface area contributed by atoms with Crippen LogP contribution in [0.1, 0.15) is 251 Å². The van der Waals surface area contributed by atoms with E-state index < -0.39 is 13.9 Å². The summed E-state index contributed by atoms with van der Waals surface area (Å²) in [5, 5.41) is 0. The molecule has 8 nitrogen and oxygen atoms in total. The van der Waals surface area contributed by atoms with Gasteiger partial charge in [-0.2, -0.15) is 0 Å². The minimum Gasteiger partial charge on any atom is -0.457 e. The highest BCUT2D eigenvalue weighted by Crippen LogP contribution is 2.43. The van der Waals surface area contributed by atoms with Crippen LogP contribution in [0, 0.1) is 0 Å². The molecule has 0 fully saturated rings. The molecule has 9 heteroatoms. The minimum atomic E-state index is -4.29. The zero-order chi connectivity index (χ0) is 49.8. The van der Waals surface area contributed by atoms with Crippen LogP contribution in [0.25, 0.3) is 0 Å². The number of likely N-dealkylation sites (N-methyl/N-ethyl adjacent to an activating group) is 1. The minimum absolute atomic E-state index is 0.0845. The average Bonchev–Trinajstić information content (AvgIpc) is 3.30. The first kappa shape index (κ1) is 66.2. The molecule has 0 aliphatic carbocycles. The van der Waals surface area contributed by atoms with Gasteiger partial charge in [-0.25, -0.2) is 4.57 Å². The van der Waals surface area contributed by atoms with Gasteiger partial charge in [0.05, 0.1) is 34.4 Å². The smallest absolute Gasteiger partial charge is 0.457 e. The zero-order valence-corrected chi connectivity index (χ0v) is 46.2. The number of esters is 1. The lowest BCUT2D eigenvalue weighted by molar-refractivity contribution is -0.870. The third-order valence-electron chi connectivity index (χ3n) is 12.3. The van der Waals surface area contributed by atoms with Crippen molar-refractivity contribution in [2.75, 3.05) is 54.1 Å². The molecule has 0 aromatic heterocycles. The molecule has 398 valence electrons. The first-order valence-corrected chi connectivity index (χ1v) is 30.0. The normalized spacial score (nSPS) is 13.9. The third-order valence-corrected chi connectivity index (χ3v) is 13.3. The van der Waals surface area contributed by atoms with Gasteiger partial charge >= 0.3 is 13.8 Å². The molecule has 0 aromatic carbocycles. The van der Waals surface area contributed by atoms with Crippen molar-refractivity contribution in [2.24, 2.45) is 0 Å². The SMILES string of the molecule is CC/C=C\C/C=C\C/C=C\C/C=C\C/C=C\CCCCCCCCOCC(COP(=O)(O)OCC[N+](C)(C)C)OC(=O)CCCCCCCCCCCCCCCCCCCCCCCCCC. The fourth-order valence-corrected chi connectivity index (χ4v) is 8.74. The molecular formula is C59H111NO7P+. The van der Waals surface area contributed by atoms with Gasteiger partial charge in [-0.05, 0) is 57.8 Å². The highest BCUT2D eigenvalue weighted by Gasteiger charge is 2.26. The van der Waals surface area contributed by atoms with Crippen molar-refractivity contribution in [2.45, 2.75) is 258 Å². The van der Waals surface area contributed by atoms with Gasteiger partial charge in [0.2, 0.25) is 0 Å². The van der Waals surface area contributed by atoms with Crippen LogP contribution in [0.4, 0.5) is 0 Å². The van der Waals surface area contributed by atoms with E-state index in [1.807, 2.05) is 21.1 Å². The number of unbranched alkanes of at least 4 members (excludes halogenated alkanes) is 29. The summed E-state index contributed by atoms with van der Waals surface area (Å²) in [6.45, 7) is 5.51. The van der Waals surface area contributed by atoms with Crippen molar-refractivity contribution in [3.05, 3.63) is 60.8 Å². The molecule has 0 saturated carbocycles. The van der Waals surface area contributed by atoms with Crippen molar-refractivity contribution in [3.63, 3.8) is 0 Å². The van der Waals surface area contributed by atoms with E-state index in [0.717, 1.165) is 77.0 Å². The van der Waals surface area contributed by atoms with E-state index >= 15 is 0 Å². The summed E-state index contributed by atoms with van der Waals surface area (Å²) < 4.78 is 35.2. The molecule has 0 aliphatic heterocycles. The number of hydrogen-bond donors (Lipinski definition) is 1. The molecule has 2 unspecified atom stereocenters. The van der Waals surface area contributed by atoms with Gasteiger partial charge in [-0.3, -0.25) is 13.8 Å². The molecular weight excluding hydrogens is 866 g/mol. The molecule has 1 N–H and O–H groups in total. The number of phosphoric acid groups is 1. The highest BCUT2D eigenvalue weighted by atomic mass is 31.2. The number of ether oxygens (including phenoxy) is 2. The Labute approximate surface area is 421 Å². The van der Waals surface area contributed by atoms with Crippen molar-refractivity contribution >= 4 is 13.8 Å². The summed E-state index contributed by atoms with van der Waals surface area (Å²) in [6, 6.07) is 0. The Morgan fingerprint density at radius 3 is 1.28 bits per heavy atom. The van der Waals surface area contributed by atoms with E-state index in [9.17, 15) is 14.3 Å². The topological polar surface area (TPSA) is 91.3 Å². The molecule has 0 rings (SSSR count). The van der Waals surface area contributed by atoms with Gasteiger partial charge in [0.1, 0.15) is 19.3 Å². The maximum Gasteiger partial charge on any atom is 0.472 e. The molecule has 68 heavy (non-hydrogen) atoms. The van der Waals surface area contributed by atoms with E-state index in [0.29, 0.717) is 24.1 Å². The van der Waals surface area contributed by atoms with E-state index in [-0.39, 0.29) is 25.8 Å². The van der Waals surface area contributed by atoms with Gasteiger partial charge in [0, 0.05) is 13.0 Å². The lowest BCUT2D eigenvalue weighted by Gasteiger charge is -2.24. The molecule has 0 spiro atoms. The van der Waals surface area contributed by atoms with Crippen LogP contribution in [-0.2, 0) is 27.9 Å². The number of hydrogen-bond acceptors (Lipinski definition) is 6. The molecule has 0 aliphatic rings. The van der Waals surface area contributed by atoms with E-state index in [2.05, 4.69) is 74.6 Å². The van der Waals surface area contributed by atoms with Crippen molar-refractivity contribution < 1.29 is 37.3 Å². The second-order valence-corrected chi connectivity index (χ2v) is 21.8. The quantitative estimate of drug-likeness (QED) is 0.0213. The zero-order valence-electron chi connectivity index (χ0n) is 45.3. The number of nitrogens with zero attached hydrogens (tertiary/aromatic N) is 1. The van der Waals surface area contributed by atoms with Gasteiger partial charge in [-0.15, -0.1) is 0 Å². The predicted octanol–water partition coefficient (Wildman–Crippen LogP) is 18.0. The molecule has 2 atom stereocenters. The number of carbonyl (C=O) groups excluding carboxylic acids is 1. The second kappa shape index (κ2) is 51.6. The molecule has 0 amide bonds. The van der Waals surface area contributed by atoms with Crippen molar-refractivity contribution in [3.8, 4) is 0 Å². The summed E-state index contributed by atoms with van der Waals surface area (Å²) in [5.74, 6) is -0.315. The Bertz CT molecular complexity index is 1270. The van der Waals surface area contributed by atoms with Crippen LogP contribution in [0.2, 0.25) is 0 Å². The van der Waals surface area contributed by atoms with Crippen LogP contribution in [0.5, 0.6) is 0 Å². The first-order valence-electron chi connectivity index (χ1n) is 28.5. The summed E-state index contributed by atoms with van der Waals surface area (Å²) in [4.78, 5) is 23.1. The van der Waals surface area contributed by atoms with Crippen LogP contribution in [-0.4, -0.2) is 75.6 Å². The number of allylic oxidation sites excluding steroid dienone is 10. The summed E-state index contributed by atoms with van der Waals surface area (Å²) in [7, 11) is 1.66. The van der Waals surface area contributed by atoms with Crippen LogP contribution >= 0.6 is 7.82 Å². The third kappa shape index (κ3) is 55.1. The first-order chi connectivity index (χ1) is 33.1. The van der Waals surface area contributed by atoms with Gasteiger partial charge in [-0.1, -0.05) is 248 Å². The Kier molecular flexibility index (Phi) is 50.2. The monoisotopic (exact) mass is 977 g/mol. The Balaban J connectivity index is 4.10. The fourth-order valence-electron chi connectivity index (χ4n) is 7.99. The summed E-state index contributed by atoms with van der Waals surface area (Å²) in [6.07, 6.45) is 67.1. The number of phosphoric ester groups is 1. The Morgan fingerprint density at radius 2 is 0.853 bits per heavy atom. The second-order valence-electron chi connectivity index (χ2n) is 20.3. The van der Waals surface area contributed by atoms with E-state index in [1.54, 1.807) is 0 Å². The Hall–Kier alpha value is -1.80. The Morgan fingerprint density at radius 1 is 0.471 bits per heavy atom. The summed E-state index contributed by atoms with van der Waals surface area (Å²) >= 11 is 0. The number of rotatable bonds is 53. The van der Waals surface area contributed by atoms with Gasteiger partial charge < -0.3 is 18.9 Å². The highest BCUT2D eigenvalue weighted by molar-refractivity contribution is 7.47. The van der Waals surface area contributed by atoms with Crippen LogP contribution < -0.4 is 0 Å².